The summed E-state index contributed by atoms with van der Waals surface area (Å²) in [6.45, 7) is 16.5. The minimum atomic E-state index is -0.432. The maximum absolute atomic E-state index is 11.8. The van der Waals surface area contributed by atoms with Crippen molar-refractivity contribution in [3.8, 4) is 33.8 Å². The molecule has 3 aromatic carbocycles. The smallest absolute Gasteiger partial charge is 0.338 e. The Morgan fingerprint density at radius 1 is 0.606 bits per heavy atom. The van der Waals surface area contributed by atoms with Gasteiger partial charge in [0.25, 0.3) is 0 Å². The van der Waals surface area contributed by atoms with E-state index in [1.807, 2.05) is 38.1 Å². The van der Waals surface area contributed by atoms with Crippen molar-refractivity contribution in [2.24, 2.45) is 0 Å². The summed E-state index contributed by atoms with van der Waals surface area (Å²) in [5.74, 6) is 0.138. The number of ether oxygens (including phenoxy) is 2. The van der Waals surface area contributed by atoms with Crippen LogP contribution in [0.5, 0.6) is 11.5 Å². The molecular formula is C29H28O4. The third-order valence-corrected chi connectivity index (χ3v) is 5.34. The maximum atomic E-state index is 11.8. The zero-order valence-electron chi connectivity index (χ0n) is 19.7. The van der Waals surface area contributed by atoms with Crippen LogP contribution in [0.15, 0.2) is 78.9 Å². The molecule has 33 heavy (non-hydrogen) atoms. The van der Waals surface area contributed by atoms with Crippen molar-refractivity contribution < 1.29 is 19.1 Å². The molecule has 0 aliphatic carbocycles. The standard InChI is InChI=1S/C29H28O4/c1-17(2)28(30)32-23-9-12-25(20(6)15-23)22-8-11-26(19(5)14-22)27-13-10-24(16-21(27)7)33-29(31)18(3)4/h8-16H,1,3H2,2,4-7H3. The summed E-state index contributed by atoms with van der Waals surface area (Å²) in [7, 11) is 0. The third-order valence-electron chi connectivity index (χ3n) is 5.34. The Morgan fingerprint density at radius 3 is 1.39 bits per heavy atom. The number of rotatable bonds is 6. The number of hydrogen-bond acceptors (Lipinski definition) is 4. The summed E-state index contributed by atoms with van der Waals surface area (Å²) in [5.41, 5.74) is 8.20. The Kier molecular flexibility index (Phi) is 6.98. The van der Waals surface area contributed by atoms with Crippen molar-refractivity contribution in [1.82, 2.24) is 0 Å². The summed E-state index contributed by atoms with van der Waals surface area (Å²) in [4.78, 5) is 23.6. The second kappa shape index (κ2) is 9.70. The van der Waals surface area contributed by atoms with E-state index in [4.69, 9.17) is 9.47 Å². The molecule has 0 heterocycles. The van der Waals surface area contributed by atoms with Crippen LogP contribution in [0.2, 0.25) is 0 Å². The largest absolute Gasteiger partial charge is 0.423 e. The van der Waals surface area contributed by atoms with E-state index in [1.54, 1.807) is 26.0 Å². The predicted octanol–water partition coefficient (Wildman–Crippen LogP) is 6.91. The van der Waals surface area contributed by atoms with Crippen LogP contribution in [-0.2, 0) is 9.59 Å². The van der Waals surface area contributed by atoms with Gasteiger partial charge in [-0.05, 0) is 97.8 Å². The molecule has 4 heteroatoms. The SMILES string of the molecule is C=C(C)C(=O)Oc1ccc(-c2ccc(-c3ccc(OC(=O)C(=C)C)cc3C)c(C)c2)c(C)c1. The van der Waals surface area contributed by atoms with Crippen molar-refractivity contribution >= 4 is 11.9 Å². The van der Waals surface area contributed by atoms with E-state index >= 15 is 0 Å². The van der Waals surface area contributed by atoms with E-state index in [2.05, 4.69) is 38.3 Å². The lowest BCUT2D eigenvalue weighted by Gasteiger charge is -2.14. The number of carbonyl (C=O) groups is 2. The molecule has 0 fully saturated rings. The highest BCUT2D eigenvalue weighted by Gasteiger charge is 2.12. The molecule has 168 valence electrons. The van der Waals surface area contributed by atoms with Gasteiger partial charge in [-0.3, -0.25) is 0 Å². The van der Waals surface area contributed by atoms with Crippen molar-refractivity contribution in [2.75, 3.05) is 0 Å². The fourth-order valence-corrected chi connectivity index (χ4v) is 3.55. The number of carbonyl (C=O) groups excluding carboxylic acids is 2. The van der Waals surface area contributed by atoms with Crippen molar-refractivity contribution in [1.29, 1.82) is 0 Å². The Balaban J connectivity index is 1.87. The fraction of sp³-hybridized carbons (Fsp3) is 0.172. The Labute approximate surface area is 195 Å². The molecule has 3 rings (SSSR count). The molecule has 0 bridgehead atoms. The molecule has 0 saturated heterocycles. The minimum absolute atomic E-state index is 0.361. The molecule has 0 N–H and O–H groups in total. The van der Waals surface area contributed by atoms with Crippen LogP contribution in [0, 0.1) is 20.8 Å². The summed E-state index contributed by atoms with van der Waals surface area (Å²) in [6, 6.07) is 17.6. The lowest BCUT2D eigenvalue weighted by atomic mass is 9.92. The first kappa shape index (κ1) is 23.7. The van der Waals surface area contributed by atoms with E-state index in [1.165, 1.54) is 0 Å². The lowest BCUT2D eigenvalue weighted by Crippen LogP contribution is -2.08. The third kappa shape index (κ3) is 5.47. The van der Waals surface area contributed by atoms with Gasteiger partial charge >= 0.3 is 11.9 Å². The molecule has 0 spiro atoms. The van der Waals surface area contributed by atoms with Gasteiger partial charge in [-0.2, -0.15) is 0 Å². The van der Waals surface area contributed by atoms with Crippen molar-refractivity contribution in [3.63, 3.8) is 0 Å². The molecule has 4 nitrogen and oxygen atoms in total. The second-order valence-electron chi connectivity index (χ2n) is 8.32. The topological polar surface area (TPSA) is 52.6 Å². The van der Waals surface area contributed by atoms with Crippen LogP contribution < -0.4 is 9.47 Å². The molecular weight excluding hydrogens is 412 g/mol. The Morgan fingerprint density at radius 2 is 1.00 bits per heavy atom. The molecule has 0 aliphatic rings. The molecule has 0 aliphatic heterocycles. The van der Waals surface area contributed by atoms with E-state index in [0.29, 0.717) is 22.6 Å². The van der Waals surface area contributed by atoms with Crippen LogP contribution >= 0.6 is 0 Å². The fourth-order valence-electron chi connectivity index (χ4n) is 3.55. The second-order valence-corrected chi connectivity index (χ2v) is 8.32. The van der Waals surface area contributed by atoms with E-state index < -0.39 is 11.9 Å². The number of hydrogen-bond donors (Lipinski definition) is 0. The van der Waals surface area contributed by atoms with Crippen LogP contribution in [0.4, 0.5) is 0 Å². The molecule has 0 unspecified atom stereocenters. The van der Waals surface area contributed by atoms with Crippen molar-refractivity contribution in [2.45, 2.75) is 34.6 Å². The first-order chi connectivity index (χ1) is 15.6. The van der Waals surface area contributed by atoms with Gasteiger partial charge in [-0.1, -0.05) is 43.5 Å². The summed E-state index contributed by atoms with van der Waals surface area (Å²) < 4.78 is 10.7. The van der Waals surface area contributed by atoms with Gasteiger partial charge in [0.2, 0.25) is 0 Å². The van der Waals surface area contributed by atoms with E-state index in [9.17, 15) is 9.59 Å². The van der Waals surface area contributed by atoms with Gasteiger partial charge in [-0.25, -0.2) is 9.59 Å². The van der Waals surface area contributed by atoms with Gasteiger partial charge in [0, 0.05) is 11.1 Å². The Bertz CT molecular complexity index is 1280. The van der Waals surface area contributed by atoms with E-state index in [0.717, 1.165) is 38.9 Å². The van der Waals surface area contributed by atoms with Gasteiger partial charge in [-0.15, -0.1) is 0 Å². The molecule has 0 amide bonds. The number of benzene rings is 3. The highest BCUT2D eigenvalue weighted by Crippen LogP contribution is 2.34. The summed E-state index contributed by atoms with van der Waals surface area (Å²) >= 11 is 0. The Hall–Kier alpha value is -3.92. The molecule has 0 radical (unpaired) electrons. The zero-order chi connectivity index (χ0) is 24.3. The maximum Gasteiger partial charge on any atom is 0.338 e. The summed E-state index contributed by atoms with van der Waals surface area (Å²) in [6.07, 6.45) is 0. The van der Waals surface area contributed by atoms with Gasteiger partial charge < -0.3 is 9.47 Å². The first-order valence-corrected chi connectivity index (χ1v) is 10.6. The van der Waals surface area contributed by atoms with Crippen molar-refractivity contribution in [3.05, 3.63) is 95.6 Å². The normalized spacial score (nSPS) is 10.5. The van der Waals surface area contributed by atoms with Gasteiger partial charge in [0.05, 0.1) is 0 Å². The van der Waals surface area contributed by atoms with Crippen LogP contribution in [0.3, 0.4) is 0 Å². The average Bonchev–Trinajstić information content (AvgIpc) is 2.74. The molecule has 0 atom stereocenters. The van der Waals surface area contributed by atoms with Gasteiger partial charge in [0.15, 0.2) is 0 Å². The molecule has 0 aromatic heterocycles. The average molecular weight is 441 g/mol. The number of aryl methyl sites for hydroxylation is 3. The van der Waals surface area contributed by atoms with Crippen LogP contribution in [0.1, 0.15) is 30.5 Å². The monoisotopic (exact) mass is 440 g/mol. The summed E-state index contributed by atoms with van der Waals surface area (Å²) in [5, 5.41) is 0. The zero-order valence-corrected chi connectivity index (χ0v) is 19.7. The van der Waals surface area contributed by atoms with Gasteiger partial charge in [0.1, 0.15) is 11.5 Å². The predicted molar refractivity (Wildman–Crippen MR) is 132 cm³/mol. The molecule has 3 aromatic rings. The first-order valence-electron chi connectivity index (χ1n) is 10.6. The molecule has 0 saturated carbocycles. The highest BCUT2D eigenvalue weighted by atomic mass is 16.5. The van der Waals surface area contributed by atoms with Crippen LogP contribution in [-0.4, -0.2) is 11.9 Å². The minimum Gasteiger partial charge on any atom is -0.423 e. The van der Waals surface area contributed by atoms with Crippen LogP contribution in [0.25, 0.3) is 22.3 Å². The quantitative estimate of drug-likeness (QED) is 0.237. The lowest BCUT2D eigenvalue weighted by molar-refractivity contribution is -0.130. The van der Waals surface area contributed by atoms with E-state index in [-0.39, 0.29) is 0 Å². The highest BCUT2D eigenvalue weighted by molar-refractivity contribution is 5.89. The number of esters is 2.